The Morgan fingerprint density at radius 1 is 1.37 bits per heavy atom. The lowest BCUT2D eigenvalue weighted by atomic mass is 10.00. The van der Waals surface area contributed by atoms with Gasteiger partial charge in [-0.2, -0.15) is 0 Å². The number of hydrogen-bond donors (Lipinski definition) is 2. The molecule has 1 saturated heterocycles. The van der Waals surface area contributed by atoms with Gasteiger partial charge in [0.25, 0.3) is 5.91 Å². The summed E-state index contributed by atoms with van der Waals surface area (Å²) in [4.78, 5) is 14.6. The predicted octanol–water partition coefficient (Wildman–Crippen LogP) is 1.96. The molecule has 0 radical (unpaired) electrons. The van der Waals surface area contributed by atoms with Crippen molar-refractivity contribution in [2.24, 2.45) is 11.8 Å². The molecule has 1 N–H and O–H groups in total. The van der Waals surface area contributed by atoms with Gasteiger partial charge in [-0.05, 0) is 37.0 Å². The van der Waals surface area contributed by atoms with Gasteiger partial charge in [0.05, 0.1) is 11.7 Å². The zero-order valence-corrected chi connectivity index (χ0v) is 11.3. The van der Waals surface area contributed by atoms with Crippen LogP contribution in [0.3, 0.4) is 0 Å². The fraction of sp³-hybridized carbons (Fsp3) is 0.500. The van der Waals surface area contributed by atoms with Crippen molar-refractivity contribution in [2.45, 2.75) is 23.8 Å². The van der Waals surface area contributed by atoms with E-state index in [0.717, 1.165) is 12.8 Å². The molecule has 3 nitrogen and oxygen atoms in total. The van der Waals surface area contributed by atoms with Crippen LogP contribution in [0, 0.1) is 17.7 Å². The molecule has 3 atom stereocenters. The molecule has 3 unspecified atom stereocenters. The number of halogens is 1. The summed E-state index contributed by atoms with van der Waals surface area (Å²) in [5, 5.41) is 9.84. The first-order valence-corrected chi connectivity index (χ1v) is 6.97. The fourth-order valence-electron chi connectivity index (χ4n) is 3.25. The predicted molar refractivity (Wildman–Crippen MR) is 71.8 cm³/mol. The molecule has 102 valence electrons. The third-order valence-electron chi connectivity index (χ3n) is 4.29. The highest BCUT2D eigenvalue weighted by molar-refractivity contribution is 7.80. The minimum atomic E-state index is -0.514. The van der Waals surface area contributed by atoms with E-state index < -0.39 is 5.82 Å². The van der Waals surface area contributed by atoms with Gasteiger partial charge in [-0.1, -0.05) is 0 Å². The van der Waals surface area contributed by atoms with Crippen molar-refractivity contribution in [1.82, 2.24) is 4.90 Å². The van der Waals surface area contributed by atoms with Crippen LogP contribution in [0.5, 0.6) is 0 Å². The summed E-state index contributed by atoms with van der Waals surface area (Å²) in [5.41, 5.74) is 0.0713. The van der Waals surface area contributed by atoms with Gasteiger partial charge in [0.2, 0.25) is 0 Å². The van der Waals surface area contributed by atoms with Crippen LogP contribution >= 0.6 is 12.6 Å². The molecule has 3 rings (SSSR count). The highest BCUT2D eigenvalue weighted by Crippen LogP contribution is 2.38. The van der Waals surface area contributed by atoms with Gasteiger partial charge >= 0.3 is 0 Å². The number of aliphatic hydroxyl groups is 1. The van der Waals surface area contributed by atoms with E-state index in [4.69, 9.17) is 0 Å². The molecular formula is C14H16FNO2S. The molecule has 0 aromatic heterocycles. The lowest BCUT2D eigenvalue weighted by Gasteiger charge is -2.19. The third kappa shape index (κ3) is 2.25. The Labute approximate surface area is 116 Å². The van der Waals surface area contributed by atoms with Crippen molar-refractivity contribution >= 4 is 18.5 Å². The van der Waals surface area contributed by atoms with Gasteiger partial charge in [-0.15, -0.1) is 12.6 Å². The van der Waals surface area contributed by atoms with Crippen molar-refractivity contribution in [3.63, 3.8) is 0 Å². The van der Waals surface area contributed by atoms with Crippen molar-refractivity contribution in [3.05, 3.63) is 29.6 Å². The lowest BCUT2D eigenvalue weighted by Crippen LogP contribution is -2.31. The normalized spacial score (nSPS) is 29.6. The Balaban J connectivity index is 1.80. The molecule has 1 aromatic carbocycles. The van der Waals surface area contributed by atoms with Crippen LogP contribution in [-0.2, 0) is 0 Å². The Hall–Kier alpha value is -1.07. The Morgan fingerprint density at radius 2 is 2.16 bits per heavy atom. The van der Waals surface area contributed by atoms with E-state index in [1.165, 1.54) is 18.2 Å². The highest BCUT2D eigenvalue weighted by Gasteiger charge is 2.43. The maximum absolute atomic E-state index is 13.7. The third-order valence-corrected chi connectivity index (χ3v) is 4.56. The summed E-state index contributed by atoms with van der Waals surface area (Å²) in [5.74, 6) is -0.289. The van der Waals surface area contributed by atoms with Gasteiger partial charge in [-0.3, -0.25) is 4.79 Å². The fourth-order valence-corrected chi connectivity index (χ4v) is 3.45. The summed E-state index contributed by atoms with van der Waals surface area (Å²) in [6, 6.07) is 4.25. The van der Waals surface area contributed by atoms with Crippen LogP contribution in [0.25, 0.3) is 0 Å². The van der Waals surface area contributed by atoms with Crippen molar-refractivity contribution < 1.29 is 14.3 Å². The standard InChI is InChI=1S/C14H16FNO2S/c15-12-3-2-9(19)5-10(12)14(18)16-6-8-1-4-13(17)11(8)7-16/h2-3,5,8,11,13,17,19H,1,4,6-7H2. The average Bonchev–Trinajstić information content (AvgIpc) is 2.94. The molecule has 0 bridgehead atoms. The molecule has 5 heteroatoms. The number of thiol groups is 1. The second kappa shape index (κ2) is 4.80. The highest BCUT2D eigenvalue weighted by atomic mass is 32.1. The number of carbonyl (C=O) groups is 1. The minimum absolute atomic E-state index is 0.0713. The summed E-state index contributed by atoms with van der Waals surface area (Å²) < 4.78 is 13.7. The number of hydrogen-bond acceptors (Lipinski definition) is 3. The SMILES string of the molecule is O=C(c1cc(S)ccc1F)N1CC2CCC(O)C2C1. The van der Waals surface area contributed by atoms with Crippen LogP contribution in [0.1, 0.15) is 23.2 Å². The van der Waals surface area contributed by atoms with Crippen LogP contribution in [-0.4, -0.2) is 35.1 Å². The number of amides is 1. The number of likely N-dealkylation sites (tertiary alicyclic amines) is 1. The summed E-state index contributed by atoms with van der Waals surface area (Å²) in [6.07, 6.45) is 1.45. The van der Waals surface area contributed by atoms with Crippen LogP contribution in [0.4, 0.5) is 4.39 Å². The van der Waals surface area contributed by atoms with Gasteiger partial charge in [0, 0.05) is 23.9 Å². The Morgan fingerprint density at radius 3 is 2.89 bits per heavy atom. The molecule has 1 aliphatic carbocycles. The number of fused-ring (bicyclic) bond motifs is 1. The smallest absolute Gasteiger partial charge is 0.256 e. The number of benzene rings is 1. The summed E-state index contributed by atoms with van der Waals surface area (Å²) in [6.45, 7) is 1.15. The Kier molecular flexibility index (Phi) is 3.27. The van der Waals surface area contributed by atoms with Crippen LogP contribution in [0.2, 0.25) is 0 Å². The van der Waals surface area contributed by atoms with Gasteiger partial charge < -0.3 is 10.0 Å². The second-order valence-corrected chi connectivity index (χ2v) is 5.96. The van der Waals surface area contributed by atoms with Gasteiger partial charge in [-0.25, -0.2) is 4.39 Å². The van der Waals surface area contributed by atoms with E-state index in [-0.39, 0.29) is 23.5 Å². The molecule has 2 fully saturated rings. The lowest BCUT2D eigenvalue weighted by molar-refractivity contribution is 0.0747. The van der Waals surface area contributed by atoms with Crippen molar-refractivity contribution in [3.8, 4) is 0 Å². The number of aliphatic hydroxyl groups excluding tert-OH is 1. The van der Waals surface area contributed by atoms with Crippen molar-refractivity contribution in [2.75, 3.05) is 13.1 Å². The maximum Gasteiger partial charge on any atom is 0.256 e. The van der Waals surface area contributed by atoms with E-state index in [9.17, 15) is 14.3 Å². The maximum atomic E-state index is 13.7. The molecule has 1 amide bonds. The molecule has 1 heterocycles. The minimum Gasteiger partial charge on any atom is -0.393 e. The largest absolute Gasteiger partial charge is 0.393 e. The molecule has 1 saturated carbocycles. The number of rotatable bonds is 1. The molecular weight excluding hydrogens is 265 g/mol. The van der Waals surface area contributed by atoms with Gasteiger partial charge in [0.1, 0.15) is 5.82 Å². The zero-order chi connectivity index (χ0) is 13.6. The quantitative estimate of drug-likeness (QED) is 0.773. The first-order chi connectivity index (χ1) is 9.06. The van der Waals surface area contributed by atoms with Gasteiger partial charge in [0.15, 0.2) is 0 Å². The molecule has 1 aromatic rings. The Bertz CT molecular complexity index is 522. The monoisotopic (exact) mass is 281 g/mol. The summed E-state index contributed by atoms with van der Waals surface area (Å²) in [7, 11) is 0. The van der Waals surface area contributed by atoms with E-state index in [1.807, 2.05) is 0 Å². The average molecular weight is 281 g/mol. The topological polar surface area (TPSA) is 40.5 Å². The molecule has 2 aliphatic rings. The van der Waals surface area contributed by atoms with E-state index in [0.29, 0.717) is 23.9 Å². The zero-order valence-electron chi connectivity index (χ0n) is 10.4. The number of nitrogens with zero attached hydrogens (tertiary/aromatic N) is 1. The van der Waals surface area contributed by atoms with E-state index in [2.05, 4.69) is 12.6 Å². The van der Waals surface area contributed by atoms with Crippen LogP contribution < -0.4 is 0 Å². The summed E-state index contributed by atoms with van der Waals surface area (Å²) >= 11 is 4.14. The van der Waals surface area contributed by atoms with E-state index >= 15 is 0 Å². The molecule has 19 heavy (non-hydrogen) atoms. The first-order valence-electron chi connectivity index (χ1n) is 6.52. The van der Waals surface area contributed by atoms with E-state index in [1.54, 1.807) is 4.90 Å². The molecule has 1 aliphatic heterocycles. The first kappa shape index (κ1) is 12.9. The second-order valence-electron chi connectivity index (χ2n) is 5.44. The number of carbonyl (C=O) groups excluding carboxylic acids is 1. The molecule has 0 spiro atoms. The van der Waals surface area contributed by atoms with Crippen molar-refractivity contribution in [1.29, 1.82) is 0 Å². The van der Waals surface area contributed by atoms with Crippen LogP contribution in [0.15, 0.2) is 23.1 Å².